The van der Waals surface area contributed by atoms with E-state index in [1.165, 1.54) is 6.26 Å². The van der Waals surface area contributed by atoms with Gasteiger partial charge in [-0.3, -0.25) is 0 Å². The number of hydrogen-bond donors (Lipinski definition) is 0. The maximum atomic E-state index is 5.70. The third-order valence-corrected chi connectivity index (χ3v) is 1.70. The largest absolute Gasteiger partial charge is 0.436 e. The zero-order chi connectivity index (χ0) is 9.10. The van der Waals surface area contributed by atoms with E-state index in [1.54, 1.807) is 30.3 Å². The van der Waals surface area contributed by atoms with Crippen molar-refractivity contribution in [3.8, 4) is 11.6 Å². The Morgan fingerprint density at radius 1 is 1.15 bits per heavy atom. The van der Waals surface area contributed by atoms with E-state index in [2.05, 4.69) is 9.68 Å². The van der Waals surface area contributed by atoms with Gasteiger partial charge >= 0.3 is 0 Å². The van der Waals surface area contributed by atoms with E-state index in [4.69, 9.17) is 16.3 Å². The average molecular weight is 196 g/mol. The van der Waals surface area contributed by atoms with Crippen molar-refractivity contribution in [1.82, 2.24) is 5.16 Å². The number of ether oxygens (including phenoxy) is 1. The first-order chi connectivity index (χ1) is 6.34. The fourth-order valence-corrected chi connectivity index (χ4v) is 1.00. The van der Waals surface area contributed by atoms with Crippen LogP contribution in [0.25, 0.3) is 0 Å². The topological polar surface area (TPSA) is 35.3 Å². The standard InChI is InChI=1S/C9H6ClNO2/c10-7-1-3-8(4-2-7)13-9-5-6-12-11-9/h1-6H. The van der Waals surface area contributed by atoms with E-state index in [0.29, 0.717) is 16.7 Å². The average Bonchev–Trinajstić information content (AvgIpc) is 2.62. The van der Waals surface area contributed by atoms with Gasteiger partial charge in [0.1, 0.15) is 12.0 Å². The van der Waals surface area contributed by atoms with Gasteiger partial charge in [-0.05, 0) is 29.4 Å². The molecule has 0 fully saturated rings. The quantitative estimate of drug-likeness (QED) is 0.739. The number of aromatic nitrogens is 1. The van der Waals surface area contributed by atoms with Crippen molar-refractivity contribution in [1.29, 1.82) is 0 Å². The molecule has 1 heterocycles. The highest BCUT2D eigenvalue weighted by Gasteiger charge is 1.98. The predicted molar refractivity (Wildman–Crippen MR) is 48.0 cm³/mol. The van der Waals surface area contributed by atoms with Crippen LogP contribution in [-0.4, -0.2) is 5.16 Å². The highest BCUT2D eigenvalue weighted by Crippen LogP contribution is 2.20. The zero-order valence-corrected chi connectivity index (χ0v) is 7.36. The highest BCUT2D eigenvalue weighted by atomic mass is 35.5. The Morgan fingerprint density at radius 2 is 1.92 bits per heavy atom. The van der Waals surface area contributed by atoms with Gasteiger partial charge in [0.2, 0.25) is 0 Å². The van der Waals surface area contributed by atoms with Crippen LogP contribution in [0.15, 0.2) is 41.1 Å². The predicted octanol–water partition coefficient (Wildman–Crippen LogP) is 3.12. The van der Waals surface area contributed by atoms with Crippen molar-refractivity contribution in [2.75, 3.05) is 0 Å². The van der Waals surface area contributed by atoms with Gasteiger partial charge in [0.05, 0.1) is 0 Å². The van der Waals surface area contributed by atoms with E-state index in [0.717, 1.165) is 0 Å². The summed E-state index contributed by atoms with van der Waals surface area (Å²) in [4.78, 5) is 0. The molecule has 0 bridgehead atoms. The molecule has 0 aliphatic heterocycles. The van der Waals surface area contributed by atoms with Crippen LogP contribution in [0, 0.1) is 0 Å². The lowest BCUT2D eigenvalue weighted by Gasteiger charge is -1.99. The molecule has 0 saturated carbocycles. The maximum absolute atomic E-state index is 5.70. The number of hydrogen-bond acceptors (Lipinski definition) is 3. The second-order valence-corrected chi connectivity index (χ2v) is 2.83. The molecule has 2 aromatic rings. The van der Waals surface area contributed by atoms with Crippen molar-refractivity contribution >= 4 is 11.6 Å². The van der Waals surface area contributed by atoms with Gasteiger partial charge in [0, 0.05) is 11.1 Å². The first-order valence-electron chi connectivity index (χ1n) is 3.68. The summed E-state index contributed by atoms with van der Waals surface area (Å²) in [6.07, 6.45) is 1.45. The van der Waals surface area contributed by atoms with Crippen LogP contribution < -0.4 is 4.74 Å². The molecule has 4 heteroatoms. The van der Waals surface area contributed by atoms with Crippen LogP contribution >= 0.6 is 11.6 Å². The smallest absolute Gasteiger partial charge is 0.259 e. The minimum Gasteiger partial charge on any atom is -0.436 e. The SMILES string of the molecule is Clc1ccc(Oc2ccon2)cc1. The zero-order valence-electron chi connectivity index (χ0n) is 6.61. The van der Waals surface area contributed by atoms with E-state index in [1.807, 2.05) is 0 Å². The molecule has 0 saturated heterocycles. The molecule has 66 valence electrons. The normalized spacial score (nSPS) is 9.92. The fourth-order valence-electron chi connectivity index (χ4n) is 0.877. The molecule has 0 aliphatic rings. The minimum absolute atomic E-state index is 0.433. The van der Waals surface area contributed by atoms with E-state index >= 15 is 0 Å². The summed E-state index contributed by atoms with van der Waals surface area (Å²) in [5, 5.41) is 4.28. The van der Waals surface area contributed by atoms with Crippen LogP contribution in [0.3, 0.4) is 0 Å². The lowest BCUT2D eigenvalue weighted by molar-refractivity contribution is 0.367. The van der Waals surface area contributed by atoms with Crippen molar-refractivity contribution in [3.05, 3.63) is 41.6 Å². The second kappa shape index (κ2) is 3.49. The summed E-state index contributed by atoms with van der Waals surface area (Å²) in [7, 11) is 0. The lowest BCUT2D eigenvalue weighted by atomic mass is 10.3. The molecule has 0 aliphatic carbocycles. The van der Waals surface area contributed by atoms with Crippen LogP contribution in [0.4, 0.5) is 0 Å². The van der Waals surface area contributed by atoms with Gasteiger partial charge < -0.3 is 9.26 Å². The van der Waals surface area contributed by atoms with Crippen LogP contribution in [0.5, 0.6) is 11.6 Å². The molecule has 0 N–H and O–H groups in total. The molecule has 3 nitrogen and oxygen atoms in total. The first-order valence-corrected chi connectivity index (χ1v) is 4.06. The van der Waals surface area contributed by atoms with Crippen molar-refractivity contribution in [3.63, 3.8) is 0 Å². The Balaban J connectivity index is 2.15. The Morgan fingerprint density at radius 3 is 2.54 bits per heavy atom. The summed E-state index contributed by atoms with van der Waals surface area (Å²) in [5.74, 6) is 1.11. The molecular formula is C9H6ClNO2. The molecule has 0 atom stereocenters. The Hall–Kier alpha value is -1.48. The molecule has 0 amide bonds. The van der Waals surface area contributed by atoms with E-state index < -0.39 is 0 Å². The van der Waals surface area contributed by atoms with Gasteiger partial charge in [0.15, 0.2) is 0 Å². The van der Waals surface area contributed by atoms with Crippen LogP contribution in [0.1, 0.15) is 0 Å². The first kappa shape index (κ1) is 8.13. The summed E-state index contributed by atoms with van der Waals surface area (Å²) >= 11 is 5.70. The van der Waals surface area contributed by atoms with Gasteiger partial charge in [-0.25, -0.2) is 0 Å². The van der Waals surface area contributed by atoms with Crippen molar-refractivity contribution in [2.45, 2.75) is 0 Å². The van der Waals surface area contributed by atoms with Gasteiger partial charge in [0.25, 0.3) is 5.88 Å². The van der Waals surface area contributed by atoms with Crippen LogP contribution in [-0.2, 0) is 0 Å². The Labute approximate surface area is 79.9 Å². The molecular weight excluding hydrogens is 190 g/mol. The Kier molecular flexibility index (Phi) is 2.19. The fraction of sp³-hybridized carbons (Fsp3) is 0. The number of rotatable bonds is 2. The van der Waals surface area contributed by atoms with Crippen molar-refractivity contribution in [2.24, 2.45) is 0 Å². The summed E-state index contributed by atoms with van der Waals surface area (Å²) in [6.45, 7) is 0. The molecule has 2 rings (SSSR count). The maximum Gasteiger partial charge on any atom is 0.259 e. The monoisotopic (exact) mass is 195 g/mol. The van der Waals surface area contributed by atoms with Crippen molar-refractivity contribution < 1.29 is 9.26 Å². The molecule has 0 radical (unpaired) electrons. The Bertz CT molecular complexity index is 369. The van der Waals surface area contributed by atoms with Gasteiger partial charge in [-0.15, -0.1) is 0 Å². The van der Waals surface area contributed by atoms with Crippen LogP contribution in [0.2, 0.25) is 5.02 Å². The number of nitrogens with zero attached hydrogens (tertiary/aromatic N) is 1. The molecule has 1 aromatic heterocycles. The summed E-state index contributed by atoms with van der Waals surface area (Å²) in [6, 6.07) is 8.65. The molecule has 13 heavy (non-hydrogen) atoms. The second-order valence-electron chi connectivity index (χ2n) is 2.39. The third-order valence-electron chi connectivity index (χ3n) is 1.45. The molecule has 1 aromatic carbocycles. The highest BCUT2D eigenvalue weighted by molar-refractivity contribution is 6.30. The van der Waals surface area contributed by atoms with Gasteiger partial charge in [-0.2, -0.15) is 0 Å². The van der Waals surface area contributed by atoms with Gasteiger partial charge in [-0.1, -0.05) is 11.6 Å². The minimum atomic E-state index is 0.433. The number of halogens is 1. The summed E-state index contributed by atoms with van der Waals surface area (Å²) in [5.41, 5.74) is 0. The number of benzene rings is 1. The van der Waals surface area contributed by atoms with E-state index in [-0.39, 0.29) is 0 Å². The third kappa shape index (κ3) is 2.00. The lowest BCUT2D eigenvalue weighted by Crippen LogP contribution is -1.82. The molecule has 0 spiro atoms. The summed E-state index contributed by atoms with van der Waals surface area (Å²) < 4.78 is 9.92. The molecule has 0 unspecified atom stereocenters. The van der Waals surface area contributed by atoms with E-state index in [9.17, 15) is 0 Å².